The lowest BCUT2D eigenvalue weighted by Gasteiger charge is -2.25. The number of rotatable bonds is 15. The van der Waals surface area contributed by atoms with Gasteiger partial charge in [0.2, 0.25) is 11.8 Å². The summed E-state index contributed by atoms with van der Waals surface area (Å²) in [5.41, 5.74) is 3.62. The second-order valence-corrected chi connectivity index (χ2v) is 10.1. The van der Waals surface area contributed by atoms with Crippen molar-refractivity contribution in [3.05, 3.63) is 59.9 Å². The fourth-order valence-corrected chi connectivity index (χ4v) is 3.73. The molecule has 2 amide bonds. The number of unbranched alkanes of at least 4 members (excludes halogenated alkanes) is 3. The molecule has 0 fully saturated rings. The zero-order valence-corrected chi connectivity index (χ0v) is 22.1. The van der Waals surface area contributed by atoms with Gasteiger partial charge in [-0.15, -0.1) is 0 Å². The molecule has 0 spiro atoms. The first-order valence-corrected chi connectivity index (χ1v) is 12.8. The SMILES string of the molecule is CC(C)(C)OC(=O)[C@H](CCc1ccccc1)NCc1cncc(NC(=O)CCCCCCC(=O)NO)c1. The monoisotopic (exact) mass is 512 g/mol. The molecule has 9 nitrogen and oxygen atoms in total. The van der Waals surface area contributed by atoms with Crippen LogP contribution in [0.4, 0.5) is 5.69 Å². The second kappa shape index (κ2) is 15.7. The molecule has 0 radical (unpaired) electrons. The van der Waals surface area contributed by atoms with Crippen molar-refractivity contribution >= 4 is 23.5 Å². The Labute approximate surface area is 219 Å². The van der Waals surface area contributed by atoms with Crippen LogP contribution in [0, 0.1) is 0 Å². The minimum Gasteiger partial charge on any atom is -0.459 e. The van der Waals surface area contributed by atoms with E-state index >= 15 is 0 Å². The van der Waals surface area contributed by atoms with Crippen molar-refractivity contribution in [2.45, 2.75) is 90.3 Å². The number of pyridine rings is 1. The number of nitrogens with one attached hydrogen (secondary N) is 3. The second-order valence-electron chi connectivity index (χ2n) is 10.1. The van der Waals surface area contributed by atoms with Crippen molar-refractivity contribution in [3.8, 4) is 0 Å². The van der Waals surface area contributed by atoms with Crippen LogP contribution in [0.1, 0.15) is 76.8 Å². The number of aromatic nitrogens is 1. The van der Waals surface area contributed by atoms with Crippen LogP contribution in [0.15, 0.2) is 48.8 Å². The van der Waals surface area contributed by atoms with Crippen LogP contribution in [-0.4, -0.2) is 39.6 Å². The summed E-state index contributed by atoms with van der Waals surface area (Å²) in [4.78, 5) is 40.4. The number of ether oxygens (including phenoxy) is 1. The molecule has 0 aliphatic carbocycles. The van der Waals surface area contributed by atoms with Crippen molar-refractivity contribution in [3.63, 3.8) is 0 Å². The molecule has 202 valence electrons. The summed E-state index contributed by atoms with van der Waals surface area (Å²) in [6, 6.07) is 11.4. The van der Waals surface area contributed by atoms with E-state index in [-0.39, 0.29) is 18.3 Å². The summed E-state index contributed by atoms with van der Waals surface area (Å²) < 4.78 is 5.63. The molecule has 0 unspecified atom stereocenters. The molecule has 2 rings (SSSR count). The number of benzene rings is 1. The van der Waals surface area contributed by atoms with Gasteiger partial charge in [-0.3, -0.25) is 24.6 Å². The molecular formula is C28H40N4O5. The van der Waals surface area contributed by atoms with Gasteiger partial charge in [-0.05, 0) is 63.6 Å². The normalized spacial score (nSPS) is 12.0. The fourth-order valence-electron chi connectivity index (χ4n) is 3.73. The highest BCUT2D eigenvalue weighted by atomic mass is 16.6. The van der Waals surface area contributed by atoms with E-state index < -0.39 is 17.6 Å². The van der Waals surface area contributed by atoms with Crippen LogP contribution in [0.25, 0.3) is 0 Å². The van der Waals surface area contributed by atoms with Gasteiger partial charge in [0.1, 0.15) is 11.6 Å². The standard InChI is InChI=1S/C28H40N4O5/c1-28(2,3)37-27(35)24(16-15-21-11-7-6-8-12-21)30-19-22-17-23(20-29-18-22)31-25(33)13-9-4-5-10-14-26(34)32-36/h6-8,11-12,17-18,20,24,30,36H,4-5,9-10,13-16,19H2,1-3H3,(H,31,33)(H,32,34)/t24-/m0/s1. The van der Waals surface area contributed by atoms with E-state index in [1.807, 2.05) is 57.2 Å². The predicted molar refractivity (Wildman–Crippen MR) is 142 cm³/mol. The molecule has 0 aliphatic heterocycles. The molecule has 0 saturated heterocycles. The number of nitrogens with zero attached hydrogens (tertiary/aromatic N) is 1. The number of hydroxylamine groups is 1. The van der Waals surface area contributed by atoms with E-state index in [4.69, 9.17) is 9.94 Å². The van der Waals surface area contributed by atoms with E-state index in [1.165, 1.54) is 0 Å². The minimum absolute atomic E-state index is 0.102. The van der Waals surface area contributed by atoms with Gasteiger partial charge >= 0.3 is 5.97 Å². The summed E-state index contributed by atoms with van der Waals surface area (Å²) in [6.45, 7) is 5.96. The molecule has 4 N–H and O–H groups in total. The molecule has 0 aliphatic rings. The van der Waals surface area contributed by atoms with Gasteiger partial charge in [-0.1, -0.05) is 43.2 Å². The van der Waals surface area contributed by atoms with E-state index in [9.17, 15) is 14.4 Å². The largest absolute Gasteiger partial charge is 0.459 e. The van der Waals surface area contributed by atoms with Gasteiger partial charge in [0, 0.05) is 25.6 Å². The summed E-state index contributed by atoms with van der Waals surface area (Å²) in [6.07, 6.45) is 8.28. The van der Waals surface area contributed by atoms with Crippen molar-refractivity contribution in [1.29, 1.82) is 0 Å². The average molecular weight is 513 g/mol. The Morgan fingerprint density at radius 1 is 0.946 bits per heavy atom. The van der Waals surface area contributed by atoms with Crippen molar-refractivity contribution in [1.82, 2.24) is 15.8 Å². The zero-order valence-electron chi connectivity index (χ0n) is 22.1. The third-order valence-corrected chi connectivity index (χ3v) is 5.57. The summed E-state index contributed by atoms with van der Waals surface area (Å²) in [7, 11) is 0. The molecule has 2 aromatic rings. The average Bonchev–Trinajstić information content (AvgIpc) is 2.85. The molecule has 9 heteroatoms. The molecule has 1 heterocycles. The maximum Gasteiger partial charge on any atom is 0.323 e. The Morgan fingerprint density at radius 2 is 1.62 bits per heavy atom. The van der Waals surface area contributed by atoms with E-state index in [2.05, 4.69) is 15.6 Å². The molecule has 1 aromatic heterocycles. The smallest absolute Gasteiger partial charge is 0.323 e. The lowest BCUT2D eigenvalue weighted by molar-refractivity contribution is -0.157. The molecule has 1 aromatic carbocycles. The number of carbonyl (C=O) groups excluding carboxylic acids is 3. The van der Waals surface area contributed by atoms with E-state index in [0.29, 0.717) is 37.9 Å². The van der Waals surface area contributed by atoms with Gasteiger partial charge in [-0.25, -0.2) is 5.48 Å². The highest BCUT2D eigenvalue weighted by Gasteiger charge is 2.24. The van der Waals surface area contributed by atoms with Crippen LogP contribution < -0.4 is 16.1 Å². The quantitative estimate of drug-likeness (QED) is 0.121. The van der Waals surface area contributed by atoms with Crippen LogP contribution >= 0.6 is 0 Å². The maximum atomic E-state index is 12.8. The molecular weight excluding hydrogens is 472 g/mol. The topological polar surface area (TPSA) is 130 Å². The highest BCUT2D eigenvalue weighted by molar-refractivity contribution is 5.90. The minimum atomic E-state index is -0.580. The Kier molecular flexibility index (Phi) is 12.7. The number of carbonyl (C=O) groups is 3. The summed E-state index contributed by atoms with van der Waals surface area (Å²) in [5, 5.41) is 14.7. The first-order valence-electron chi connectivity index (χ1n) is 12.8. The van der Waals surface area contributed by atoms with Crippen LogP contribution in [0.3, 0.4) is 0 Å². The van der Waals surface area contributed by atoms with Crippen LogP contribution in [-0.2, 0) is 32.1 Å². The number of hydrogen-bond acceptors (Lipinski definition) is 7. The van der Waals surface area contributed by atoms with Gasteiger partial charge in [0.05, 0.1) is 11.9 Å². The Bertz CT molecular complexity index is 992. The Hall–Kier alpha value is -3.30. The number of aryl methyl sites for hydroxylation is 1. The van der Waals surface area contributed by atoms with Crippen molar-refractivity contribution in [2.24, 2.45) is 0 Å². The fraction of sp³-hybridized carbons (Fsp3) is 0.500. The lowest BCUT2D eigenvalue weighted by atomic mass is 10.0. The van der Waals surface area contributed by atoms with Gasteiger partial charge < -0.3 is 15.4 Å². The van der Waals surface area contributed by atoms with Crippen molar-refractivity contribution in [2.75, 3.05) is 5.32 Å². The molecule has 1 atom stereocenters. The number of amides is 2. The first kappa shape index (κ1) is 29.9. The van der Waals surface area contributed by atoms with Crippen LogP contribution in [0.2, 0.25) is 0 Å². The maximum absolute atomic E-state index is 12.8. The van der Waals surface area contributed by atoms with Gasteiger partial charge in [0.25, 0.3) is 0 Å². The zero-order chi connectivity index (χ0) is 27.1. The van der Waals surface area contributed by atoms with E-state index in [0.717, 1.165) is 30.4 Å². The summed E-state index contributed by atoms with van der Waals surface area (Å²) >= 11 is 0. The third kappa shape index (κ3) is 13.0. The summed E-state index contributed by atoms with van der Waals surface area (Å²) in [5.74, 6) is -0.791. The van der Waals surface area contributed by atoms with Gasteiger partial charge in [0.15, 0.2) is 0 Å². The Balaban J connectivity index is 1.85. The number of anilines is 1. The first-order chi connectivity index (χ1) is 17.7. The highest BCUT2D eigenvalue weighted by Crippen LogP contribution is 2.14. The Morgan fingerprint density at radius 3 is 2.27 bits per heavy atom. The number of hydrogen-bond donors (Lipinski definition) is 4. The third-order valence-electron chi connectivity index (χ3n) is 5.57. The lowest BCUT2D eigenvalue weighted by Crippen LogP contribution is -2.41. The number of esters is 1. The van der Waals surface area contributed by atoms with Gasteiger partial charge in [-0.2, -0.15) is 0 Å². The molecule has 37 heavy (non-hydrogen) atoms. The molecule has 0 saturated carbocycles. The van der Waals surface area contributed by atoms with E-state index in [1.54, 1.807) is 17.9 Å². The predicted octanol–water partition coefficient (Wildman–Crippen LogP) is 4.30. The molecule has 0 bridgehead atoms. The van der Waals surface area contributed by atoms with Crippen LogP contribution in [0.5, 0.6) is 0 Å². The van der Waals surface area contributed by atoms with Crippen molar-refractivity contribution < 1.29 is 24.3 Å².